The first-order valence-electron chi connectivity index (χ1n) is 8.79. The van der Waals surface area contributed by atoms with Crippen LogP contribution in [-0.2, 0) is 11.3 Å². The van der Waals surface area contributed by atoms with Crippen molar-refractivity contribution in [2.24, 2.45) is 0 Å². The molecule has 1 N–H and O–H groups in total. The van der Waals surface area contributed by atoms with Crippen LogP contribution in [0.25, 0.3) is 0 Å². The van der Waals surface area contributed by atoms with Crippen molar-refractivity contribution in [2.45, 2.75) is 32.9 Å². The van der Waals surface area contributed by atoms with Crippen LogP contribution in [0.2, 0.25) is 0 Å². The van der Waals surface area contributed by atoms with E-state index in [9.17, 15) is 9.59 Å². The number of hydrogen-bond acceptors (Lipinski definition) is 6. The minimum absolute atomic E-state index is 0.0268. The number of benzene rings is 1. The lowest BCUT2D eigenvalue weighted by Crippen LogP contribution is -2.45. The van der Waals surface area contributed by atoms with E-state index in [4.69, 9.17) is 9.26 Å². The van der Waals surface area contributed by atoms with Crippen molar-refractivity contribution in [1.29, 1.82) is 0 Å². The van der Waals surface area contributed by atoms with Crippen LogP contribution >= 0.6 is 0 Å². The highest BCUT2D eigenvalue weighted by Crippen LogP contribution is 2.24. The van der Waals surface area contributed by atoms with E-state index in [-0.39, 0.29) is 30.9 Å². The Morgan fingerprint density at radius 2 is 2.15 bits per heavy atom. The van der Waals surface area contributed by atoms with Gasteiger partial charge in [-0.2, -0.15) is 4.98 Å². The van der Waals surface area contributed by atoms with Gasteiger partial charge in [0.1, 0.15) is 12.3 Å². The zero-order valence-electron chi connectivity index (χ0n) is 15.6. The van der Waals surface area contributed by atoms with E-state index >= 15 is 0 Å². The van der Waals surface area contributed by atoms with Gasteiger partial charge in [-0.3, -0.25) is 4.79 Å². The van der Waals surface area contributed by atoms with Crippen molar-refractivity contribution in [3.8, 4) is 5.75 Å². The van der Waals surface area contributed by atoms with E-state index in [2.05, 4.69) is 15.5 Å². The summed E-state index contributed by atoms with van der Waals surface area (Å²) in [7, 11) is 1.59. The molecule has 1 aromatic heterocycles. The van der Waals surface area contributed by atoms with Gasteiger partial charge in [0.15, 0.2) is 5.82 Å². The first-order chi connectivity index (χ1) is 13.0. The average Bonchev–Trinajstić information content (AvgIpc) is 3.24. The molecule has 1 saturated heterocycles. The van der Waals surface area contributed by atoms with Crippen LogP contribution in [0.5, 0.6) is 5.75 Å². The van der Waals surface area contributed by atoms with Crippen molar-refractivity contribution < 1.29 is 18.8 Å². The van der Waals surface area contributed by atoms with E-state index in [0.29, 0.717) is 24.8 Å². The van der Waals surface area contributed by atoms with Crippen LogP contribution in [0, 0.1) is 6.92 Å². The van der Waals surface area contributed by atoms with Crippen molar-refractivity contribution in [2.75, 3.05) is 25.1 Å². The van der Waals surface area contributed by atoms with E-state index in [1.807, 2.05) is 19.1 Å². The number of ether oxygens (including phenoxy) is 1. The summed E-state index contributed by atoms with van der Waals surface area (Å²) < 4.78 is 10.2. The van der Waals surface area contributed by atoms with Gasteiger partial charge in [-0.05, 0) is 38.1 Å². The number of methoxy groups -OCH3 is 1. The molecule has 144 valence electrons. The fourth-order valence-electron chi connectivity index (χ4n) is 2.98. The molecule has 2 heterocycles. The Labute approximate surface area is 157 Å². The second-order valence-electron chi connectivity index (χ2n) is 6.30. The summed E-state index contributed by atoms with van der Waals surface area (Å²) in [6.45, 7) is 4.73. The first-order valence-corrected chi connectivity index (χ1v) is 8.79. The van der Waals surface area contributed by atoms with Gasteiger partial charge >= 0.3 is 6.03 Å². The molecule has 3 amide bonds. The van der Waals surface area contributed by atoms with E-state index in [0.717, 1.165) is 11.4 Å². The lowest BCUT2D eigenvalue weighted by molar-refractivity contribution is -0.117. The van der Waals surface area contributed by atoms with Crippen molar-refractivity contribution in [3.05, 3.63) is 36.0 Å². The minimum atomic E-state index is -0.261. The highest BCUT2D eigenvalue weighted by Gasteiger charge is 2.32. The molecule has 0 aliphatic carbocycles. The van der Waals surface area contributed by atoms with E-state index < -0.39 is 0 Å². The average molecular weight is 373 g/mol. The van der Waals surface area contributed by atoms with Gasteiger partial charge in [-0.1, -0.05) is 5.16 Å². The van der Waals surface area contributed by atoms with Crippen molar-refractivity contribution >= 4 is 17.6 Å². The van der Waals surface area contributed by atoms with Crippen molar-refractivity contribution in [3.63, 3.8) is 0 Å². The number of carbonyl (C=O) groups excluding carboxylic acids is 2. The Balaban J connectivity index is 1.59. The monoisotopic (exact) mass is 373 g/mol. The van der Waals surface area contributed by atoms with Gasteiger partial charge < -0.3 is 24.4 Å². The molecular formula is C18H23N5O4. The van der Waals surface area contributed by atoms with Gasteiger partial charge in [-0.15, -0.1) is 0 Å². The third-order valence-electron chi connectivity index (χ3n) is 4.40. The van der Waals surface area contributed by atoms with E-state index in [1.54, 1.807) is 36.0 Å². The molecule has 1 aliphatic rings. The number of aryl methyl sites for hydroxylation is 1. The highest BCUT2D eigenvalue weighted by molar-refractivity contribution is 5.96. The lowest BCUT2D eigenvalue weighted by atomic mass is 10.2. The zero-order chi connectivity index (χ0) is 19.4. The van der Waals surface area contributed by atoms with E-state index in [1.165, 1.54) is 0 Å². The molecular weight excluding hydrogens is 350 g/mol. The number of carbonyl (C=O) groups is 2. The largest absolute Gasteiger partial charge is 0.497 e. The van der Waals surface area contributed by atoms with Crippen LogP contribution in [0.1, 0.15) is 25.1 Å². The molecule has 9 heteroatoms. The third kappa shape index (κ3) is 4.36. The molecule has 0 spiro atoms. The number of amides is 3. The quantitative estimate of drug-likeness (QED) is 0.827. The van der Waals surface area contributed by atoms with Gasteiger partial charge in [0, 0.05) is 25.2 Å². The SMILES string of the molecule is CCN(Cc1nc(C)no1)C(=O)N[C@H]1CC(=O)N(c2ccc(OC)cc2)C1. The summed E-state index contributed by atoms with van der Waals surface area (Å²) >= 11 is 0. The number of urea groups is 1. The number of rotatable bonds is 6. The van der Waals surface area contributed by atoms with Crippen LogP contribution in [-0.4, -0.2) is 53.2 Å². The number of nitrogens with zero attached hydrogens (tertiary/aromatic N) is 4. The minimum Gasteiger partial charge on any atom is -0.497 e. The summed E-state index contributed by atoms with van der Waals surface area (Å²) in [5.74, 6) is 1.61. The Hall–Kier alpha value is -3.10. The highest BCUT2D eigenvalue weighted by atomic mass is 16.5. The maximum Gasteiger partial charge on any atom is 0.318 e. The molecule has 9 nitrogen and oxygen atoms in total. The van der Waals surface area contributed by atoms with Crippen LogP contribution in [0.4, 0.5) is 10.5 Å². The lowest BCUT2D eigenvalue weighted by Gasteiger charge is -2.22. The molecule has 0 unspecified atom stereocenters. The number of anilines is 1. The molecule has 2 aromatic rings. The first kappa shape index (κ1) is 18.7. The molecule has 1 atom stereocenters. The van der Waals surface area contributed by atoms with Crippen LogP contribution in [0.3, 0.4) is 0 Å². The standard InChI is InChI=1S/C18H23N5O4/c1-4-22(11-16-19-12(2)21-27-16)18(25)20-13-9-17(24)23(10-13)14-5-7-15(26-3)8-6-14/h5-8,13H,4,9-11H2,1-3H3,(H,20,25)/t13-/m0/s1. The second kappa shape index (κ2) is 8.07. The van der Waals surface area contributed by atoms with Crippen LogP contribution < -0.4 is 15.0 Å². The summed E-state index contributed by atoms with van der Waals surface area (Å²) in [5.41, 5.74) is 0.784. The predicted octanol–water partition coefficient (Wildman–Crippen LogP) is 1.72. The Bertz CT molecular complexity index is 804. The number of hydrogen-bond donors (Lipinski definition) is 1. The van der Waals surface area contributed by atoms with Crippen molar-refractivity contribution in [1.82, 2.24) is 20.4 Å². The second-order valence-corrected chi connectivity index (χ2v) is 6.30. The molecule has 3 rings (SSSR count). The summed E-state index contributed by atoms with van der Waals surface area (Å²) in [4.78, 5) is 32.3. The summed E-state index contributed by atoms with van der Waals surface area (Å²) in [6.07, 6.45) is 0.259. The molecule has 0 bridgehead atoms. The van der Waals surface area contributed by atoms with Gasteiger partial charge in [0.05, 0.1) is 13.2 Å². The maximum absolute atomic E-state index is 12.6. The molecule has 0 saturated carbocycles. The molecule has 0 radical (unpaired) electrons. The Kier molecular flexibility index (Phi) is 5.58. The van der Waals surface area contributed by atoms with Crippen LogP contribution in [0.15, 0.2) is 28.8 Å². The fraction of sp³-hybridized carbons (Fsp3) is 0.444. The predicted molar refractivity (Wildman–Crippen MR) is 97.4 cm³/mol. The smallest absolute Gasteiger partial charge is 0.318 e. The third-order valence-corrected chi connectivity index (χ3v) is 4.40. The zero-order valence-corrected chi connectivity index (χ0v) is 15.6. The Morgan fingerprint density at radius 1 is 1.41 bits per heavy atom. The molecule has 27 heavy (non-hydrogen) atoms. The number of aromatic nitrogens is 2. The fourth-order valence-corrected chi connectivity index (χ4v) is 2.98. The van der Waals surface area contributed by atoms with Gasteiger partial charge in [0.2, 0.25) is 11.8 Å². The normalized spacial score (nSPS) is 16.5. The number of nitrogens with one attached hydrogen (secondary N) is 1. The maximum atomic E-state index is 12.6. The summed E-state index contributed by atoms with van der Waals surface area (Å²) in [5, 5.41) is 6.65. The molecule has 1 fully saturated rings. The topological polar surface area (TPSA) is 101 Å². The summed E-state index contributed by atoms with van der Waals surface area (Å²) in [6, 6.07) is 6.75. The molecule has 1 aromatic carbocycles. The van der Waals surface area contributed by atoms with Gasteiger partial charge in [0.25, 0.3) is 0 Å². The Morgan fingerprint density at radius 3 is 2.74 bits per heavy atom. The molecule has 1 aliphatic heterocycles. The van der Waals surface area contributed by atoms with Gasteiger partial charge in [-0.25, -0.2) is 4.79 Å².